The molecule has 9 heteroatoms. The minimum absolute atomic E-state index is 0.0355. The molecule has 0 fully saturated rings. The van der Waals surface area contributed by atoms with E-state index in [1.165, 1.54) is 0 Å². The minimum atomic E-state index is -4.37. The highest BCUT2D eigenvalue weighted by atomic mass is 32.1. The fourth-order valence-electron chi connectivity index (χ4n) is 1.80. The average molecular weight is 358 g/mol. The van der Waals surface area contributed by atoms with Crippen LogP contribution >= 0.6 is 11.3 Å². The summed E-state index contributed by atoms with van der Waals surface area (Å²) >= 11 is 0.564. The fraction of sp³-hybridized carbons (Fsp3) is 0.333. The number of aromatic nitrogens is 1. The maximum absolute atomic E-state index is 12.5. The van der Waals surface area contributed by atoms with E-state index in [9.17, 15) is 18.0 Å². The van der Waals surface area contributed by atoms with E-state index in [0.717, 1.165) is 11.8 Å². The number of rotatable bonds is 5. The predicted octanol–water partition coefficient (Wildman–Crippen LogP) is 4.30. The molecule has 3 N–H and O–H groups in total. The van der Waals surface area contributed by atoms with E-state index in [2.05, 4.69) is 20.9 Å². The molecule has 2 rings (SSSR count). The number of urea groups is 1. The largest absolute Gasteiger partial charge is 0.427 e. The van der Waals surface area contributed by atoms with E-state index in [0.29, 0.717) is 23.6 Å². The Morgan fingerprint density at radius 3 is 2.46 bits per heavy atom. The Labute approximate surface area is 141 Å². The van der Waals surface area contributed by atoms with Gasteiger partial charge in [0.05, 0.1) is 6.20 Å². The van der Waals surface area contributed by atoms with Gasteiger partial charge in [-0.2, -0.15) is 13.2 Å². The van der Waals surface area contributed by atoms with E-state index < -0.39 is 11.1 Å². The van der Waals surface area contributed by atoms with Gasteiger partial charge < -0.3 is 16.0 Å². The van der Waals surface area contributed by atoms with E-state index in [4.69, 9.17) is 0 Å². The fourth-order valence-corrected chi connectivity index (χ4v) is 2.48. The Balaban J connectivity index is 1.88. The Bertz CT molecular complexity index is 683. The van der Waals surface area contributed by atoms with Crippen LogP contribution in [0.3, 0.4) is 0 Å². The van der Waals surface area contributed by atoms with E-state index >= 15 is 0 Å². The molecule has 24 heavy (non-hydrogen) atoms. The lowest BCUT2D eigenvalue weighted by Crippen LogP contribution is -2.34. The Kier molecular flexibility index (Phi) is 5.66. The van der Waals surface area contributed by atoms with Crippen LogP contribution in [0.15, 0.2) is 30.5 Å². The second-order valence-corrected chi connectivity index (χ2v) is 6.36. The van der Waals surface area contributed by atoms with Gasteiger partial charge in [-0.3, -0.25) is 0 Å². The van der Waals surface area contributed by atoms with Gasteiger partial charge in [-0.15, -0.1) is 0 Å². The standard InChI is InChI=1S/C15H17F3N4OS/c1-9(2)21-13(23)22-11-5-3-10(4-6-11)7-19-14-20-8-12(24-14)15(16,17)18/h3-6,8-9H,7H2,1-2H3,(H,19,20)(H2,21,22,23). The number of benzene rings is 1. The third-order valence-electron chi connectivity index (χ3n) is 2.86. The van der Waals surface area contributed by atoms with Crippen molar-refractivity contribution < 1.29 is 18.0 Å². The molecule has 0 saturated heterocycles. The number of anilines is 2. The van der Waals surface area contributed by atoms with Crippen molar-refractivity contribution in [1.29, 1.82) is 0 Å². The van der Waals surface area contributed by atoms with E-state index in [1.54, 1.807) is 24.3 Å². The summed E-state index contributed by atoms with van der Waals surface area (Å²) in [6.45, 7) is 4.05. The second-order valence-electron chi connectivity index (χ2n) is 5.33. The van der Waals surface area contributed by atoms with Gasteiger partial charge in [0, 0.05) is 18.3 Å². The van der Waals surface area contributed by atoms with Gasteiger partial charge >= 0.3 is 12.2 Å². The number of thiazole rings is 1. The average Bonchev–Trinajstić information content (AvgIpc) is 2.94. The third-order valence-corrected chi connectivity index (χ3v) is 3.86. The SMILES string of the molecule is CC(C)NC(=O)Nc1ccc(CNc2ncc(C(F)(F)F)s2)cc1. The van der Waals surface area contributed by atoms with Gasteiger partial charge in [0.25, 0.3) is 0 Å². The summed E-state index contributed by atoms with van der Waals surface area (Å²) in [4.78, 5) is 14.5. The highest BCUT2D eigenvalue weighted by molar-refractivity contribution is 7.15. The molecule has 0 atom stereocenters. The lowest BCUT2D eigenvalue weighted by Gasteiger charge is -2.10. The molecule has 1 heterocycles. The number of nitrogens with one attached hydrogen (secondary N) is 3. The molecule has 130 valence electrons. The minimum Gasteiger partial charge on any atom is -0.357 e. The number of amides is 2. The number of hydrogen-bond acceptors (Lipinski definition) is 4. The van der Waals surface area contributed by atoms with Gasteiger partial charge in [-0.05, 0) is 31.5 Å². The molecule has 5 nitrogen and oxygen atoms in total. The third kappa shape index (κ3) is 5.41. The summed E-state index contributed by atoms with van der Waals surface area (Å²) in [7, 11) is 0. The van der Waals surface area contributed by atoms with Gasteiger partial charge in [-0.25, -0.2) is 9.78 Å². The number of nitrogens with zero attached hydrogens (tertiary/aromatic N) is 1. The van der Waals surface area contributed by atoms with Crippen molar-refractivity contribution in [3.8, 4) is 0 Å². The zero-order valence-electron chi connectivity index (χ0n) is 13.1. The molecule has 0 aliphatic carbocycles. The maximum atomic E-state index is 12.5. The maximum Gasteiger partial charge on any atom is 0.427 e. The normalized spacial score (nSPS) is 11.4. The topological polar surface area (TPSA) is 66.1 Å². The molecular weight excluding hydrogens is 341 g/mol. The highest BCUT2D eigenvalue weighted by Gasteiger charge is 2.33. The summed E-state index contributed by atoms with van der Waals surface area (Å²) in [5.41, 5.74) is 1.49. The summed E-state index contributed by atoms with van der Waals surface area (Å²) in [5, 5.41) is 8.45. The van der Waals surface area contributed by atoms with Crippen molar-refractivity contribution >= 4 is 28.2 Å². The van der Waals surface area contributed by atoms with Crippen molar-refractivity contribution in [2.24, 2.45) is 0 Å². The van der Waals surface area contributed by atoms with E-state index in [1.807, 2.05) is 13.8 Å². The van der Waals surface area contributed by atoms with Crippen LogP contribution < -0.4 is 16.0 Å². The van der Waals surface area contributed by atoms with E-state index in [-0.39, 0.29) is 17.2 Å². The van der Waals surface area contributed by atoms with Crippen LogP contribution in [0.2, 0.25) is 0 Å². The quantitative estimate of drug-likeness (QED) is 0.746. The molecule has 0 spiro atoms. The predicted molar refractivity (Wildman–Crippen MR) is 88.2 cm³/mol. The highest BCUT2D eigenvalue weighted by Crippen LogP contribution is 2.35. The van der Waals surface area contributed by atoms with Crippen LogP contribution in [0.25, 0.3) is 0 Å². The monoisotopic (exact) mass is 358 g/mol. The molecule has 0 aliphatic heterocycles. The van der Waals surface area contributed by atoms with Crippen molar-refractivity contribution in [3.05, 3.63) is 40.9 Å². The number of hydrogen-bond donors (Lipinski definition) is 3. The summed E-state index contributed by atoms with van der Waals surface area (Å²) < 4.78 is 37.5. The van der Waals surface area contributed by atoms with Gasteiger partial charge in [0.1, 0.15) is 4.88 Å². The molecule has 0 aliphatic rings. The van der Waals surface area contributed by atoms with Crippen molar-refractivity contribution in [1.82, 2.24) is 10.3 Å². The molecule has 2 aromatic rings. The smallest absolute Gasteiger partial charge is 0.357 e. The first kappa shape index (κ1) is 18.1. The molecule has 2 amide bonds. The van der Waals surface area contributed by atoms with Crippen LogP contribution in [-0.4, -0.2) is 17.1 Å². The molecule has 1 aromatic carbocycles. The first-order valence-electron chi connectivity index (χ1n) is 7.17. The first-order chi connectivity index (χ1) is 11.2. The lowest BCUT2D eigenvalue weighted by molar-refractivity contribution is -0.134. The van der Waals surface area contributed by atoms with Crippen molar-refractivity contribution in [2.45, 2.75) is 32.6 Å². The molecule has 0 radical (unpaired) electrons. The summed E-state index contributed by atoms with van der Waals surface area (Å²) in [6.07, 6.45) is -3.56. The van der Waals surface area contributed by atoms with Crippen molar-refractivity contribution in [2.75, 3.05) is 10.6 Å². The summed E-state index contributed by atoms with van der Waals surface area (Å²) in [5.74, 6) is 0. The number of halogens is 3. The second kappa shape index (κ2) is 7.52. The molecule has 0 unspecified atom stereocenters. The Hall–Kier alpha value is -2.29. The van der Waals surface area contributed by atoms with Gasteiger partial charge in [0.2, 0.25) is 0 Å². The number of carbonyl (C=O) groups is 1. The molecule has 0 saturated carbocycles. The Morgan fingerprint density at radius 1 is 1.25 bits per heavy atom. The van der Waals surface area contributed by atoms with Crippen LogP contribution in [-0.2, 0) is 12.7 Å². The molecule has 1 aromatic heterocycles. The Morgan fingerprint density at radius 2 is 1.92 bits per heavy atom. The van der Waals surface area contributed by atoms with Crippen molar-refractivity contribution in [3.63, 3.8) is 0 Å². The van der Waals surface area contributed by atoms with Crippen LogP contribution in [0.5, 0.6) is 0 Å². The van der Waals surface area contributed by atoms with Gasteiger partial charge in [-0.1, -0.05) is 23.5 Å². The number of carbonyl (C=O) groups excluding carboxylic acids is 1. The van der Waals surface area contributed by atoms with Crippen LogP contribution in [0.1, 0.15) is 24.3 Å². The number of alkyl halides is 3. The first-order valence-corrected chi connectivity index (χ1v) is 7.99. The lowest BCUT2D eigenvalue weighted by atomic mass is 10.2. The zero-order valence-corrected chi connectivity index (χ0v) is 13.9. The molecular formula is C15H17F3N4OS. The summed E-state index contributed by atoms with van der Waals surface area (Å²) in [6, 6.07) is 6.73. The van der Waals surface area contributed by atoms with Gasteiger partial charge in [0.15, 0.2) is 5.13 Å². The zero-order chi connectivity index (χ0) is 17.7. The molecule has 0 bridgehead atoms. The van der Waals surface area contributed by atoms with Crippen LogP contribution in [0, 0.1) is 0 Å². The van der Waals surface area contributed by atoms with Crippen LogP contribution in [0.4, 0.5) is 28.8 Å².